The average Bonchev–Trinajstić information content (AvgIpc) is 2.87. The molecule has 0 unspecified atom stereocenters. The number of aliphatic carboxylic acids is 1. The lowest BCUT2D eigenvalue weighted by atomic mass is 10.0. The van der Waals surface area contributed by atoms with Crippen molar-refractivity contribution in [3.05, 3.63) is 48.0 Å². The summed E-state index contributed by atoms with van der Waals surface area (Å²) in [5.74, 6) is -3.52. The molecule has 11 heteroatoms. The lowest BCUT2D eigenvalue weighted by molar-refractivity contribution is -0.139. The number of phenols is 2. The van der Waals surface area contributed by atoms with Crippen molar-refractivity contribution in [1.29, 1.82) is 0 Å². The summed E-state index contributed by atoms with van der Waals surface area (Å²) in [5.41, 5.74) is 0.980. The number of nitrogens with one attached hydrogen (secondary N) is 3. The van der Waals surface area contributed by atoms with Crippen LogP contribution in [0.25, 0.3) is 6.08 Å². The van der Waals surface area contributed by atoms with Gasteiger partial charge in [-0.2, -0.15) is 0 Å². The van der Waals surface area contributed by atoms with Crippen LogP contribution in [0.3, 0.4) is 0 Å². The van der Waals surface area contributed by atoms with Crippen LogP contribution >= 0.6 is 0 Å². The standard InChI is InChI=1S/C28H35N3O8/c1-5-18(6-2)27(37)30-20-14-19(9-11-23(20)39-15-25(35)36)29-28(38)26(16(3)4)31-24(34)12-8-17-7-10-21(32)22(33)13-17/h7-14,16,18,26,32-33H,5-6,15H2,1-4H3,(H,29,38)(H,30,37)(H,31,34)(H,35,36)/b12-8+/t26-/m0/s1. The summed E-state index contributed by atoms with van der Waals surface area (Å²) in [6, 6.07) is 7.57. The second-order valence-electron chi connectivity index (χ2n) is 9.20. The van der Waals surface area contributed by atoms with Crippen LogP contribution < -0.4 is 20.7 Å². The number of ether oxygens (including phenoxy) is 1. The molecule has 0 fully saturated rings. The van der Waals surface area contributed by atoms with Crippen molar-refractivity contribution >= 4 is 41.1 Å². The first-order valence-electron chi connectivity index (χ1n) is 12.6. The van der Waals surface area contributed by atoms with Crippen LogP contribution in [0, 0.1) is 11.8 Å². The molecule has 2 rings (SSSR count). The summed E-state index contributed by atoms with van der Waals surface area (Å²) < 4.78 is 5.30. The third-order valence-electron chi connectivity index (χ3n) is 5.89. The van der Waals surface area contributed by atoms with Gasteiger partial charge in [0.25, 0.3) is 0 Å². The Kier molecular flexibility index (Phi) is 11.3. The molecule has 0 heterocycles. The Morgan fingerprint density at radius 2 is 1.62 bits per heavy atom. The molecule has 39 heavy (non-hydrogen) atoms. The Labute approximate surface area is 226 Å². The van der Waals surface area contributed by atoms with Crippen LogP contribution in [0.4, 0.5) is 11.4 Å². The fourth-order valence-corrected chi connectivity index (χ4v) is 3.64. The Morgan fingerprint density at radius 1 is 0.923 bits per heavy atom. The van der Waals surface area contributed by atoms with E-state index in [1.165, 1.54) is 48.6 Å². The summed E-state index contributed by atoms with van der Waals surface area (Å²) in [5, 5.41) is 36.1. The Bertz CT molecular complexity index is 1220. The monoisotopic (exact) mass is 541 g/mol. The van der Waals surface area contributed by atoms with E-state index in [0.29, 0.717) is 24.1 Å². The molecule has 0 spiro atoms. The predicted molar refractivity (Wildman–Crippen MR) is 146 cm³/mol. The summed E-state index contributed by atoms with van der Waals surface area (Å²) in [6.07, 6.45) is 3.85. The van der Waals surface area contributed by atoms with Crippen LogP contribution in [0.5, 0.6) is 17.2 Å². The van der Waals surface area contributed by atoms with E-state index in [9.17, 15) is 29.4 Å². The summed E-state index contributed by atoms with van der Waals surface area (Å²) in [4.78, 5) is 49.2. The van der Waals surface area contributed by atoms with E-state index in [0.717, 1.165) is 0 Å². The molecule has 0 aliphatic carbocycles. The van der Waals surface area contributed by atoms with Gasteiger partial charge in [-0.25, -0.2) is 4.79 Å². The number of aromatic hydroxyl groups is 2. The summed E-state index contributed by atoms with van der Waals surface area (Å²) >= 11 is 0. The number of carboxylic acid groups (broad SMARTS) is 1. The predicted octanol–water partition coefficient (Wildman–Crippen LogP) is 3.73. The van der Waals surface area contributed by atoms with Crippen LogP contribution in [0.15, 0.2) is 42.5 Å². The number of hydrogen-bond donors (Lipinski definition) is 6. The number of rotatable bonds is 13. The third kappa shape index (κ3) is 9.37. The van der Waals surface area contributed by atoms with Gasteiger partial charge in [0.05, 0.1) is 5.69 Å². The number of anilines is 2. The smallest absolute Gasteiger partial charge is 0.341 e. The first kappa shape index (κ1) is 30.7. The average molecular weight is 542 g/mol. The molecule has 0 aromatic heterocycles. The van der Waals surface area contributed by atoms with Gasteiger partial charge in [0.1, 0.15) is 11.8 Å². The third-order valence-corrected chi connectivity index (χ3v) is 5.89. The van der Waals surface area contributed by atoms with Crippen molar-refractivity contribution < 1.29 is 39.2 Å². The highest BCUT2D eigenvalue weighted by molar-refractivity contribution is 6.01. The Morgan fingerprint density at radius 3 is 2.21 bits per heavy atom. The maximum atomic E-state index is 13.1. The van der Waals surface area contributed by atoms with Gasteiger partial charge < -0.3 is 36.0 Å². The second-order valence-corrected chi connectivity index (χ2v) is 9.20. The number of amides is 3. The number of carbonyl (C=O) groups is 4. The van der Waals surface area contributed by atoms with Crippen molar-refractivity contribution in [2.45, 2.75) is 46.6 Å². The van der Waals surface area contributed by atoms with E-state index in [1.54, 1.807) is 13.8 Å². The quantitative estimate of drug-likeness (QED) is 0.164. The number of carbonyl (C=O) groups excluding carboxylic acids is 3. The number of phenolic OH excluding ortho intramolecular Hbond substituents is 2. The van der Waals surface area contributed by atoms with Crippen LogP contribution in [-0.2, 0) is 19.2 Å². The van der Waals surface area contributed by atoms with Gasteiger partial charge in [-0.05, 0) is 60.7 Å². The molecule has 0 saturated carbocycles. The minimum absolute atomic E-state index is 0.133. The summed E-state index contributed by atoms with van der Waals surface area (Å²) in [7, 11) is 0. The van der Waals surface area contributed by atoms with Crippen LogP contribution in [0.1, 0.15) is 46.1 Å². The van der Waals surface area contributed by atoms with Crippen molar-refractivity contribution in [2.75, 3.05) is 17.2 Å². The molecule has 6 N–H and O–H groups in total. The van der Waals surface area contributed by atoms with Gasteiger partial charge in [0.15, 0.2) is 18.1 Å². The molecule has 3 amide bonds. The molecule has 0 aliphatic rings. The van der Waals surface area contributed by atoms with Gasteiger partial charge in [-0.3, -0.25) is 14.4 Å². The number of benzene rings is 2. The first-order valence-corrected chi connectivity index (χ1v) is 12.6. The minimum atomic E-state index is -1.18. The van der Waals surface area contributed by atoms with E-state index in [1.807, 2.05) is 13.8 Å². The van der Waals surface area contributed by atoms with Gasteiger partial charge in [0.2, 0.25) is 17.7 Å². The lowest BCUT2D eigenvalue weighted by Crippen LogP contribution is -2.46. The fourth-order valence-electron chi connectivity index (χ4n) is 3.64. The minimum Gasteiger partial charge on any atom is -0.504 e. The van der Waals surface area contributed by atoms with E-state index in [-0.39, 0.29) is 40.7 Å². The molecule has 0 radical (unpaired) electrons. The molecule has 0 aliphatic heterocycles. The van der Waals surface area contributed by atoms with Crippen LogP contribution in [0.2, 0.25) is 0 Å². The number of hydrogen-bond acceptors (Lipinski definition) is 7. The molecule has 210 valence electrons. The van der Waals surface area contributed by atoms with Crippen molar-refractivity contribution in [1.82, 2.24) is 5.32 Å². The van der Waals surface area contributed by atoms with Crippen molar-refractivity contribution in [3.8, 4) is 17.2 Å². The highest BCUT2D eigenvalue weighted by Gasteiger charge is 2.24. The van der Waals surface area contributed by atoms with Gasteiger partial charge in [-0.1, -0.05) is 33.8 Å². The number of carboxylic acids is 1. The zero-order valence-corrected chi connectivity index (χ0v) is 22.4. The van der Waals surface area contributed by atoms with Crippen molar-refractivity contribution in [2.24, 2.45) is 11.8 Å². The molecule has 11 nitrogen and oxygen atoms in total. The van der Waals surface area contributed by atoms with E-state index in [4.69, 9.17) is 9.84 Å². The molecule has 1 atom stereocenters. The Balaban J connectivity index is 2.19. The van der Waals surface area contributed by atoms with E-state index < -0.39 is 30.4 Å². The second kappa shape index (κ2) is 14.4. The maximum absolute atomic E-state index is 13.1. The zero-order chi connectivity index (χ0) is 29.1. The first-order chi connectivity index (χ1) is 18.4. The van der Waals surface area contributed by atoms with E-state index in [2.05, 4.69) is 16.0 Å². The lowest BCUT2D eigenvalue weighted by Gasteiger charge is -2.22. The maximum Gasteiger partial charge on any atom is 0.341 e. The largest absolute Gasteiger partial charge is 0.504 e. The molecular weight excluding hydrogens is 506 g/mol. The van der Waals surface area contributed by atoms with Gasteiger partial charge in [-0.15, -0.1) is 0 Å². The Hall–Kier alpha value is -4.54. The van der Waals surface area contributed by atoms with E-state index >= 15 is 0 Å². The topological polar surface area (TPSA) is 174 Å². The SMILES string of the molecule is CCC(CC)C(=O)Nc1cc(NC(=O)[C@@H](NC(=O)/C=C/c2ccc(O)c(O)c2)C(C)C)ccc1OCC(=O)O. The van der Waals surface area contributed by atoms with Crippen molar-refractivity contribution in [3.63, 3.8) is 0 Å². The molecule has 2 aromatic carbocycles. The van der Waals surface area contributed by atoms with Gasteiger partial charge in [0, 0.05) is 17.7 Å². The fraction of sp³-hybridized carbons (Fsp3) is 0.357. The molecule has 0 bridgehead atoms. The highest BCUT2D eigenvalue weighted by atomic mass is 16.5. The zero-order valence-electron chi connectivity index (χ0n) is 22.4. The molecule has 0 saturated heterocycles. The highest BCUT2D eigenvalue weighted by Crippen LogP contribution is 2.30. The molecular formula is C28H35N3O8. The summed E-state index contributed by atoms with van der Waals surface area (Å²) in [6.45, 7) is 6.68. The normalized spacial score (nSPS) is 11.8. The van der Waals surface area contributed by atoms with Gasteiger partial charge >= 0.3 is 5.97 Å². The molecule has 2 aromatic rings. The van der Waals surface area contributed by atoms with Crippen LogP contribution in [-0.4, -0.2) is 51.7 Å².